The Hall–Kier alpha value is -1.39. The minimum absolute atomic E-state index is 0.0759. The van der Waals surface area contributed by atoms with Gasteiger partial charge in [0.25, 0.3) is 0 Å². The second-order valence-electron chi connectivity index (χ2n) is 7.36. The highest BCUT2D eigenvalue weighted by molar-refractivity contribution is 5.94. The molecule has 0 bridgehead atoms. The number of hydrogen-bond donors (Lipinski definition) is 1. The molecule has 2 saturated heterocycles. The van der Waals surface area contributed by atoms with Crippen molar-refractivity contribution >= 4 is 11.6 Å². The summed E-state index contributed by atoms with van der Waals surface area (Å²) in [6, 6.07) is 8.08. The lowest BCUT2D eigenvalue weighted by atomic mass is 9.72. The van der Waals surface area contributed by atoms with Gasteiger partial charge >= 0.3 is 0 Å². The van der Waals surface area contributed by atoms with Gasteiger partial charge in [-0.25, -0.2) is 0 Å². The molecule has 2 heterocycles. The molecular formula is C20H30N2O2. The number of carbonyl (C=O) groups excluding carboxylic acids is 1. The van der Waals surface area contributed by atoms with Gasteiger partial charge in [0.15, 0.2) is 0 Å². The molecule has 24 heavy (non-hydrogen) atoms. The third-order valence-corrected chi connectivity index (χ3v) is 5.97. The summed E-state index contributed by atoms with van der Waals surface area (Å²) in [6.07, 6.45) is 5.78. The molecule has 4 nitrogen and oxygen atoms in total. The number of anilines is 1. The Morgan fingerprint density at radius 3 is 2.38 bits per heavy atom. The van der Waals surface area contributed by atoms with Crippen molar-refractivity contribution in [3.05, 3.63) is 29.8 Å². The van der Waals surface area contributed by atoms with Crippen LogP contribution in [0.3, 0.4) is 0 Å². The van der Waals surface area contributed by atoms with Crippen LogP contribution >= 0.6 is 0 Å². The van der Waals surface area contributed by atoms with Crippen molar-refractivity contribution in [2.24, 2.45) is 5.41 Å². The van der Waals surface area contributed by atoms with Crippen LogP contribution in [0.5, 0.6) is 0 Å². The van der Waals surface area contributed by atoms with Crippen molar-refractivity contribution in [2.45, 2.75) is 52.0 Å². The van der Waals surface area contributed by atoms with Gasteiger partial charge in [0.05, 0.1) is 6.04 Å². The smallest absolute Gasteiger partial charge is 0.241 e. The predicted octanol–water partition coefficient (Wildman–Crippen LogP) is 3.47. The topological polar surface area (TPSA) is 41.6 Å². The quantitative estimate of drug-likeness (QED) is 0.919. The Labute approximate surface area is 145 Å². The number of aryl methyl sites for hydroxylation is 1. The van der Waals surface area contributed by atoms with E-state index in [1.807, 2.05) is 19.1 Å². The predicted molar refractivity (Wildman–Crippen MR) is 97.2 cm³/mol. The van der Waals surface area contributed by atoms with E-state index in [4.69, 9.17) is 4.74 Å². The second kappa shape index (κ2) is 7.66. The van der Waals surface area contributed by atoms with E-state index in [0.29, 0.717) is 5.41 Å². The summed E-state index contributed by atoms with van der Waals surface area (Å²) in [5.74, 6) is 0.0992. The molecule has 0 saturated carbocycles. The largest absolute Gasteiger partial charge is 0.381 e. The SMILES string of the molecule is CCc1ccc(NC(=O)C(C)N2CCC3(CCOCC3)CC2)cc1. The third-order valence-electron chi connectivity index (χ3n) is 5.97. The van der Waals surface area contributed by atoms with Gasteiger partial charge in [-0.3, -0.25) is 9.69 Å². The summed E-state index contributed by atoms with van der Waals surface area (Å²) < 4.78 is 5.51. The fraction of sp³-hybridized carbons (Fsp3) is 0.650. The van der Waals surface area contributed by atoms with Gasteiger partial charge in [-0.15, -0.1) is 0 Å². The van der Waals surface area contributed by atoms with Gasteiger partial charge in [0.1, 0.15) is 0 Å². The first-order chi connectivity index (χ1) is 11.6. The minimum atomic E-state index is -0.0759. The fourth-order valence-corrected chi connectivity index (χ4v) is 3.93. The number of amides is 1. The number of nitrogens with one attached hydrogen (secondary N) is 1. The molecule has 2 fully saturated rings. The lowest BCUT2D eigenvalue weighted by molar-refractivity contribution is -0.122. The summed E-state index contributed by atoms with van der Waals surface area (Å²) in [7, 11) is 0. The Morgan fingerprint density at radius 2 is 1.79 bits per heavy atom. The summed E-state index contributed by atoms with van der Waals surface area (Å²) in [4.78, 5) is 14.9. The summed E-state index contributed by atoms with van der Waals surface area (Å²) in [5, 5.41) is 3.06. The van der Waals surface area contributed by atoms with Gasteiger partial charge in [-0.05, 0) is 75.2 Å². The molecule has 0 radical (unpaired) electrons. The number of piperidine rings is 1. The van der Waals surface area contributed by atoms with Crippen LogP contribution in [-0.2, 0) is 16.0 Å². The van der Waals surface area contributed by atoms with E-state index in [1.165, 1.54) is 31.2 Å². The van der Waals surface area contributed by atoms with Crippen molar-refractivity contribution in [1.29, 1.82) is 0 Å². The van der Waals surface area contributed by atoms with Crippen molar-refractivity contribution in [3.8, 4) is 0 Å². The molecule has 1 spiro atoms. The van der Waals surface area contributed by atoms with E-state index in [-0.39, 0.29) is 11.9 Å². The number of ether oxygens (including phenoxy) is 1. The first-order valence-corrected chi connectivity index (χ1v) is 9.33. The van der Waals surface area contributed by atoms with Crippen molar-refractivity contribution in [1.82, 2.24) is 4.90 Å². The van der Waals surface area contributed by atoms with Crippen LogP contribution in [0.1, 0.15) is 45.1 Å². The molecule has 0 aromatic heterocycles. The van der Waals surface area contributed by atoms with Gasteiger partial charge < -0.3 is 10.1 Å². The van der Waals surface area contributed by atoms with Crippen LogP contribution in [0.15, 0.2) is 24.3 Å². The molecule has 0 aliphatic carbocycles. The van der Waals surface area contributed by atoms with E-state index < -0.39 is 0 Å². The van der Waals surface area contributed by atoms with Crippen molar-refractivity contribution in [3.63, 3.8) is 0 Å². The summed E-state index contributed by atoms with van der Waals surface area (Å²) in [5.41, 5.74) is 2.65. The maximum atomic E-state index is 12.6. The Morgan fingerprint density at radius 1 is 1.17 bits per heavy atom. The number of hydrogen-bond acceptors (Lipinski definition) is 3. The number of benzene rings is 1. The Kier molecular flexibility index (Phi) is 5.57. The van der Waals surface area contributed by atoms with Crippen molar-refractivity contribution < 1.29 is 9.53 Å². The molecule has 1 amide bonds. The monoisotopic (exact) mass is 330 g/mol. The Bertz CT molecular complexity index is 539. The average molecular weight is 330 g/mol. The molecule has 1 atom stereocenters. The molecule has 1 unspecified atom stereocenters. The number of rotatable bonds is 4. The van der Waals surface area contributed by atoms with E-state index >= 15 is 0 Å². The molecule has 2 aliphatic rings. The first kappa shape index (κ1) is 17.4. The molecule has 1 aromatic carbocycles. The van der Waals surface area contributed by atoms with E-state index in [1.54, 1.807) is 0 Å². The molecule has 4 heteroatoms. The van der Waals surface area contributed by atoms with Gasteiger partial charge in [-0.1, -0.05) is 19.1 Å². The number of carbonyl (C=O) groups is 1. The zero-order chi connectivity index (χ0) is 17.0. The molecule has 2 aliphatic heterocycles. The normalized spacial score (nSPS) is 22.2. The highest BCUT2D eigenvalue weighted by atomic mass is 16.5. The Balaban J connectivity index is 1.52. The van der Waals surface area contributed by atoms with Gasteiger partial charge in [-0.2, -0.15) is 0 Å². The van der Waals surface area contributed by atoms with E-state index in [0.717, 1.165) is 38.4 Å². The fourth-order valence-electron chi connectivity index (χ4n) is 3.93. The van der Waals surface area contributed by atoms with Crippen LogP contribution in [0.2, 0.25) is 0 Å². The first-order valence-electron chi connectivity index (χ1n) is 9.33. The standard InChI is InChI=1S/C20H30N2O2/c1-3-17-4-6-18(7-5-17)21-19(23)16(2)22-12-8-20(9-13-22)10-14-24-15-11-20/h4-7,16H,3,8-15H2,1-2H3,(H,21,23). The van der Waals surface area contributed by atoms with Gasteiger partial charge in [0.2, 0.25) is 5.91 Å². The van der Waals surface area contributed by atoms with Gasteiger partial charge in [0, 0.05) is 18.9 Å². The molecule has 3 rings (SSSR count). The molecule has 1 aromatic rings. The minimum Gasteiger partial charge on any atom is -0.381 e. The number of nitrogens with zero attached hydrogens (tertiary/aromatic N) is 1. The van der Waals surface area contributed by atoms with Crippen LogP contribution < -0.4 is 5.32 Å². The number of likely N-dealkylation sites (tertiary alicyclic amines) is 1. The molecule has 1 N–H and O–H groups in total. The van der Waals surface area contributed by atoms with Crippen LogP contribution in [0.25, 0.3) is 0 Å². The maximum Gasteiger partial charge on any atom is 0.241 e. The van der Waals surface area contributed by atoms with Crippen LogP contribution in [-0.4, -0.2) is 43.2 Å². The molecule has 132 valence electrons. The van der Waals surface area contributed by atoms with Crippen molar-refractivity contribution in [2.75, 3.05) is 31.6 Å². The van der Waals surface area contributed by atoms with E-state index in [9.17, 15) is 4.79 Å². The lowest BCUT2D eigenvalue weighted by Crippen LogP contribution is -2.49. The molecular weight excluding hydrogens is 300 g/mol. The maximum absolute atomic E-state index is 12.6. The third kappa shape index (κ3) is 3.98. The zero-order valence-corrected chi connectivity index (χ0v) is 15.0. The van der Waals surface area contributed by atoms with E-state index in [2.05, 4.69) is 29.3 Å². The summed E-state index contributed by atoms with van der Waals surface area (Å²) >= 11 is 0. The highest BCUT2D eigenvalue weighted by Gasteiger charge is 2.37. The van der Waals surface area contributed by atoms with Crippen LogP contribution in [0.4, 0.5) is 5.69 Å². The average Bonchev–Trinajstić information content (AvgIpc) is 2.63. The highest BCUT2D eigenvalue weighted by Crippen LogP contribution is 2.40. The zero-order valence-electron chi connectivity index (χ0n) is 15.0. The summed E-state index contributed by atoms with van der Waals surface area (Å²) in [6.45, 7) is 8.01. The lowest BCUT2D eigenvalue weighted by Gasteiger charge is -2.45. The second-order valence-corrected chi connectivity index (χ2v) is 7.36. The van der Waals surface area contributed by atoms with Crippen LogP contribution in [0, 0.1) is 5.41 Å².